The summed E-state index contributed by atoms with van der Waals surface area (Å²) in [7, 11) is 1.35. The minimum absolute atomic E-state index is 0.0392. The first-order valence-electron chi connectivity index (χ1n) is 14.8. The third kappa shape index (κ3) is 6.06. The summed E-state index contributed by atoms with van der Waals surface area (Å²) < 4.78 is 13.2. The maximum Gasteiger partial charge on any atom is 0.415 e. The lowest BCUT2D eigenvalue weighted by Gasteiger charge is -2.36. The number of carbonyl (C=O) groups excluding carboxylic acids is 2. The number of piperidine rings is 1. The van der Waals surface area contributed by atoms with E-state index in [1.165, 1.54) is 7.11 Å². The van der Waals surface area contributed by atoms with Gasteiger partial charge >= 0.3 is 12.1 Å². The highest BCUT2D eigenvalue weighted by atomic mass is 16.6. The van der Waals surface area contributed by atoms with Gasteiger partial charge in [0.15, 0.2) is 0 Å². The molecule has 0 bridgehead atoms. The van der Waals surface area contributed by atoms with Gasteiger partial charge in [0, 0.05) is 18.5 Å². The van der Waals surface area contributed by atoms with Gasteiger partial charge < -0.3 is 19.4 Å². The summed E-state index contributed by atoms with van der Waals surface area (Å²) in [6.07, 6.45) is 1.04. The smallest absolute Gasteiger partial charge is 0.415 e. The van der Waals surface area contributed by atoms with Crippen molar-refractivity contribution in [1.82, 2.24) is 14.9 Å². The van der Waals surface area contributed by atoms with Gasteiger partial charge in [-0.2, -0.15) is 5.26 Å². The molecule has 0 saturated carbocycles. The third-order valence-corrected chi connectivity index (χ3v) is 7.80. The van der Waals surface area contributed by atoms with Gasteiger partial charge in [-0.3, -0.25) is 4.90 Å². The van der Waals surface area contributed by atoms with E-state index in [1.54, 1.807) is 11.0 Å². The van der Waals surface area contributed by atoms with Crippen molar-refractivity contribution in [3.8, 4) is 6.07 Å². The number of nitrogens with zero attached hydrogens (tertiary/aromatic N) is 4. The summed E-state index contributed by atoms with van der Waals surface area (Å²) in [4.78, 5) is 33.7. The largest absolute Gasteiger partial charge is 0.465 e. The predicted octanol–water partition coefficient (Wildman–Crippen LogP) is 6.51. The van der Waals surface area contributed by atoms with E-state index >= 15 is 0 Å². The summed E-state index contributed by atoms with van der Waals surface area (Å²) in [6, 6.07) is 17.5. The maximum atomic E-state index is 13.8. The number of nitriles is 1. The molecule has 224 valence electrons. The van der Waals surface area contributed by atoms with E-state index < -0.39 is 17.7 Å². The molecule has 9 heteroatoms. The topological polar surface area (TPSA) is 109 Å². The van der Waals surface area contributed by atoms with Gasteiger partial charge in [-0.1, -0.05) is 44.2 Å². The van der Waals surface area contributed by atoms with E-state index in [-0.39, 0.29) is 12.0 Å². The van der Waals surface area contributed by atoms with Crippen LogP contribution < -0.4 is 10.2 Å². The Morgan fingerprint density at radius 2 is 1.81 bits per heavy atom. The van der Waals surface area contributed by atoms with E-state index in [9.17, 15) is 14.9 Å². The average molecular weight is 582 g/mol. The lowest BCUT2D eigenvalue weighted by Crippen LogP contribution is -2.48. The minimum atomic E-state index is -0.694. The molecule has 0 atom stereocenters. The Morgan fingerprint density at radius 1 is 1.12 bits per heavy atom. The van der Waals surface area contributed by atoms with Crippen LogP contribution in [0.25, 0.3) is 21.8 Å². The molecule has 4 aromatic rings. The van der Waals surface area contributed by atoms with E-state index in [2.05, 4.69) is 29.8 Å². The molecule has 2 heterocycles. The lowest BCUT2D eigenvalue weighted by molar-refractivity contribution is 0.0555. The van der Waals surface area contributed by atoms with Crippen molar-refractivity contribution in [2.45, 2.75) is 71.6 Å². The highest BCUT2D eigenvalue weighted by Crippen LogP contribution is 2.34. The van der Waals surface area contributed by atoms with Crippen LogP contribution in [-0.2, 0) is 16.0 Å². The maximum absolute atomic E-state index is 13.8. The Bertz CT molecular complexity index is 1720. The first kappa shape index (κ1) is 30.1. The van der Waals surface area contributed by atoms with Crippen LogP contribution in [0.4, 0.5) is 10.5 Å². The second-order valence-electron chi connectivity index (χ2n) is 12.3. The molecule has 3 aromatic carbocycles. The SMILES string of the molecule is COC(=O)c1cc(N(C(=O)OC(C)(C)C)C2CCNCC2)cc2c1nc(C(C)C)n2Cc1ccc(C#N)c2ccccc12. The number of methoxy groups -OCH3 is 1. The Labute approximate surface area is 252 Å². The highest BCUT2D eigenvalue weighted by molar-refractivity contribution is 6.05. The normalized spacial score (nSPS) is 14.2. The number of anilines is 1. The van der Waals surface area contributed by atoms with Crippen LogP contribution >= 0.6 is 0 Å². The second kappa shape index (κ2) is 12.1. The number of hydrogen-bond donors (Lipinski definition) is 1. The molecule has 0 unspecified atom stereocenters. The summed E-state index contributed by atoms with van der Waals surface area (Å²) in [6.45, 7) is 11.7. The minimum Gasteiger partial charge on any atom is -0.465 e. The van der Waals surface area contributed by atoms with E-state index in [0.29, 0.717) is 28.9 Å². The van der Waals surface area contributed by atoms with Crippen LogP contribution in [0.1, 0.15) is 80.7 Å². The van der Waals surface area contributed by atoms with Crippen molar-refractivity contribution in [3.63, 3.8) is 0 Å². The van der Waals surface area contributed by atoms with Gasteiger partial charge in [0.2, 0.25) is 0 Å². The quantitative estimate of drug-likeness (QED) is 0.258. The van der Waals surface area contributed by atoms with Gasteiger partial charge in [0.25, 0.3) is 0 Å². The molecule has 9 nitrogen and oxygen atoms in total. The Hall–Kier alpha value is -4.42. The Balaban J connectivity index is 1.75. The summed E-state index contributed by atoms with van der Waals surface area (Å²) in [5.41, 5.74) is 3.04. The summed E-state index contributed by atoms with van der Waals surface area (Å²) >= 11 is 0. The number of imidazole rings is 1. The van der Waals surface area contributed by atoms with Crippen LogP contribution in [-0.4, -0.2) is 53.5 Å². The number of carbonyl (C=O) groups is 2. The van der Waals surface area contributed by atoms with Crippen LogP contribution in [0.2, 0.25) is 0 Å². The number of aromatic nitrogens is 2. The molecule has 1 fully saturated rings. The standard InChI is InChI=1S/C34H39N5O4/c1-21(2)31-37-30-28(32(40)42-6)17-25(39(24-13-15-36-16-14-24)33(41)43-34(3,4)5)18-29(30)38(31)20-23-12-11-22(19-35)26-9-7-8-10-27(23)26/h7-12,17-18,21,24,36H,13-16,20H2,1-6H3. The number of esters is 1. The zero-order valence-electron chi connectivity index (χ0n) is 25.7. The van der Waals surface area contributed by atoms with Crippen LogP contribution in [0.3, 0.4) is 0 Å². The predicted molar refractivity (Wildman–Crippen MR) is 168 cm³/mol. The van der Waals surface area contributed by atoms with Crippen LogP contribution in [0.15, 0.2) is 48.5 Å². The molecular formula is C34H39N5O4. The number of nitrogens with one attached hydrogen (secondary N) is 1. The fourth-order valence-corrected chi connectivity index (χ4v) is 5.85. The average Bonchev–Trinajstić information content (AvgIpc) is 3.34. The van der Waals surface area contributed by atoms with Gasteiger partial charge in [0.05, 0.1) is 35.5 Å². The monoisotopic (exact) mass is 581 g/mol. The van der Waals surface area contributed by atoms with Gasteiger partial charge in [-0.05, 0) is 81.2 Å². The van der Waals surface area contributed by atoms with Crippen molar-refractivity contribution in [1.29, 1.82) is 5.26 Å². The van der Waals surface area contributed by atoms with Gasteiger partial charge in [-0.25, -0.2) is 14.6 Å². The number of rotatable bonds is 6. The lowest BCUT2D eigenvalue weighted by atomic mass is 9.99. The molecule has 0 spiro atoms. The van der Waals surface area contributed by atoms with Gasteiger partial charge in [-0.15, -0.1) is 0 Å². The third-order valence-electron chi connectivity index (χ3n) is 7.80. The fraction of sp³-hybridized carbons (Fsp3) is 0.412. The number of hydrogen-bond acceptors (Lipinski definition) is 7. The van der Waals surface area contributed by atoms with Crippen molar-refractivity contribution in [2.24, 2.45) is 0 Å². The Morgan fingerprint density at radius 3 is 2.44 bits per heavy atom. The molecule has 1 aliphatic rings. The molecule has 0 radical (unpaired) electrons. The molecular weight excluding hydrogens is 542 g/mol. The summed E-state index contributed by atoms with van der Waals surface area (Å²) in [5.74, 6) is 0.318. The molecule has 1 aliphatic heterocycles. The van der Waals surface area contributed by atoms with E-state index in [4.69, 9.17) is 14.5 Å². The zero-order valence-corrected chi connectivity index (χ0v) is 25.7. The first-order chi connectivity index (χ1) is 20.5. The number of benzene rings is 3. The first-order valence-corrected chi connectivity index (χ1v) is 14.8. The van der Waals surface area contributed by atoms with Crippen molar-refractivity contribution >= 4 is 39.6 Å². The van der Waals surface area contributed by atoms with Crippen LogP contribution in [0.5, 0.6) is 0 Å². The van der Waals surface area contributed by atoms with Crippen molar-refractivity contribution in [2.75, 3.05) is 25.1 Å². The van der Waals surface area contributed by atoms with E-state index in [1.807, 2.05) is 63.2 Å². The number of ether oxygens (including phenoxy) is 2. The molecule has 1 amide bonds. The van der Waals surface area contributed by atoms with Crippen LogP contribution in [0, 0.1) is 11.3 Å². The fourth-order valence-electron chi connectivity index (χ4n) is 5.85. The molecule has 5 rings (SSSR count). The van der Waals surface area contributed by atoms with Crippen molar-refractivity contribution in [3.05, 3.63) is 71.0 Å². The van der Waals surface area contributed by atoms with Crippen molar-refractivity contribution < 1.29 is 19.1 Å². The number of amides is 1. The highest BCUT2D eigenvalue weighted by Gasteiger charge is 2.33. The van der Waals surface area contributed by atoms with Gasteiger partial charge in [0.1, 0.15) is 16.9 Å². The number of fused-ring (bicyclic) bond motifs is 2. The molecule has 1 N–H and O–H groups in total. The Kier molecular flexibility index (Phi) is 8.43. The van der Waals surface area contributed by atoms with E-state index in [0.717, 1.165) is 53.6 Å². The molecule has 43 heavy (non-hydrogen) atoms. The molecule has 0 aliphatic carbocycles. The molecule has 1 saturated heterocycles. The second-order valence-corrected chi connectivity index (χ2v) is 12.3. The summed E-state index contributed by atoms with van der Waals surface area (Å²) in [5, 5.41) is 14.9. The molecule has 1 aromatic heterocycles. The zero-order chi connectivity index (χ0) is 30.9.